The molecule has 1 fully saturated rings. The van der Waals surface area contributed by atoms with Gasteiger partial charge in [-0.25, -0.2) is 8.42 Å². The molecule has 0 aromatic heterocycles. The Labute approximate surface area is 168 Å². The zero-order chi connectivity index (χ0) is 19.6. The Bertz CT molecular complexity index is 944. The number of carbonyl (C=O) groups excluding carboxylic acids is 1. The molecule has 1 aliphatic rings. The van der Waals surface area contributed by atoms with E-state index in [1.54, 1.807) is 4.90 Å². The van der Waals surface area contributed by atoms with E-state index in [2.05, 4.69) is 15.9 Å². The van der Waals surface area contributed by atoms with Gasteiger partial charge in [0.2, 0.25) is 0 Å². The van der Waals surface area contributed by atoms with Crippen LogP contribution in [0.5, 0.6) is 5.75 Å². The SMILES string of the molecule is CC[C@@H](C)N(C(=O)COc1ccc2cc(Br)ccc2c1)[C@@H]1CCS(=O)(=O)C1. The Kier molecular flexibility index (Phi) is 6.11. The summed E-state index contributed by atoms with van der Waals surface area (Å²) in [5.74, 6) is 0.663. The molecule has 1 aliphatic heterocycles. The number of fused-ring (bicyclic) bond motifs is 1. The highest BCUT2D eigenvalue weighted by atomic mass is 79.9. The Hall–Kier alpha value is -1.60. The molecule has 0 saturated carbocycles. The van der Waals surface area contributed by atoms with Crippen LogP contribution in [-0.2, 0) is 14.6 Å². The first kappa shape index (κ1) is 20.1. The van der Waals surface area contributed by atoms with Crippen molar-refractivity contribution in [3.8, 4) is 5.75 Å². The van der Waals surface area contributed by atoms with Crippen molar-refractivity contribution >= 4 is 42.4 Å². The van der Waals surface area contributed by atoms with Crippen LogP contribution in [0.1, 0.15) is 26.7 Å². The van der Waals surface area contributed by atoms with Crippen LogP contribution in [0.4, 0.5) is 0 Å². The van der Waals surface area contributed by atoms with Gasteiger partial charge in [0, 0.05) is 16.6 Å². The minimum Gasteiger partial charge on any atom is -0.484 e. The summed E-state index contributed by atoms with van der Waals surface area (Å²) in [6.07, 6.45) is 1.27. The van der Waals surface area contributed by atoms with Gasteiger partial charge in [-0.1, -0.05) is 35.0 Å². The number of ether oxygens (including phenoxy) is 1. The fourth-order valence-electron chi connectivity index (χ4n) is 3.50. The average Bonchev–Trinajstić information content (AvgIpc) is 2.99. The van der Waals surface area contributed by atoms with Gasteiger partial charge in [0.05, 0.1) is 11.5 Å². The van der Waals surface area contributed by atoms with Crippen LogP contribution in [0.2, 0.25) is 0 Å². The van der Waals surface area contributed by atoms with Crippen LogP contribution in [0.25, 0.3) is 10.8 Å². The van der Waals surface area contributed by atoms with Gasteiger partial charge in [-0.15, -0.1) is 0 Å². The Morgan fingerprint density at radius 1 is 1.26 bits per heavy atom. The first-order valence-corrected chi connectivity index (χ1v) is 11.7. The van der Waals surface area contributed by atoms with E-state index in [1.807, 2.05) is 50.2 Å². The van der Waals surface area contributed by atoms with Crippen molar-refractivity contribution in [1.82, 2.24) is 4.90 Å². The van der Waals surface area contributed by atoms with Gasteiger partial charge in [0.15, 0.2) is 16.4 Å². The van der Waals surface area contributed by atoms with Gasteiger partial charge in [-0.05, 0) is 54.8 Å². The maximum Gasteiger partial charge on any atom is 0.261 e. The second-order valence-electron chi connectivity index (χ2n) is 7.06. The van der Waals surface area contributed by atoms with Crippen molar-refractivity contribution in [3.63, 3.8) is 0 Å². The van der Waals surface area contributed by atoms with E-state index >= 15 is 0 Å². The molecule has 27 heavy (non-hydrogen) atoms. The predicted molar refractivity (Wildman–Crippen MR) is 111 cm³/mol. The topological polar surface area (TPSA) is 63.7 Å². The van der Waals surface area contributed by atoms with Gasteiger partial charge in [0.25, 0.3) is 5.91 Å². The normalized spacial score (nSPS) is 19.7. The Morgan fingerprint density at radius 3 is 2.63 bits per heavy atom. The zero-order valence-corrected chi connectivity index (χ0v) is 17.9. The predicted octanol–water partition coefficient (Wildman–Crippen LogP) is 3.80. The smallest absolute Gasteiger partial charge is 0.261 e. The highest BCUT2D eigenvalue weighted by molar-refractivity contribution is 9.10. The first-order valence-electron chi connectivity index (χ1n) is 9.13. The third-order valence-electron chi connectivity index (χ3n) is 5.09. The van der Waals surface area contributed by atoms with Crippen molar-refractivity contribution in [2.75, 3.05) is 18.1 Å². The molecule has 7 heteroatoms. The third-order valence-corrected chi connectivity index (χ3v) is 7.34. The summed E-state index contributed by atoms with van der Waals surface area (Å²) < 4.78 is 30.4. The van der Waals surface area contributed by atoms with Crippen LogP contribution >= 0.6 is 15.9 Å². The van der Waals surface area contributed by atoms with E-state index in [4.69, 9.17) is 4.74 Å². The standard InChI is InChI=1S/C20H24BrNO4S/c1-3-14(2)22(18-8-9-27(24,25)13-18)20(23)12-26-19-7-5-15-10-17(21)6-4-16(15)11-19/h4-7,10-11,14,18H,3,8-9,12-13H2,1-2H3/t14-,18-/m1/s1. The van der Waals surface area contributed by atoms with Crippen molar-refractivity contribution in [1.29, 1.82) is 0 Å². The van der Waals surface area contributed by atoms with Crippen molar-refractivity contribution < 1.29 is 17.9 Å². The van der Waals surface area contributed by atoms with E-state index in [9.17, 15) is 13.2 Å². The van der Waals surface area contributed by atoms with Gasteiger partial charge in [-0.2, -0.15) is 0 Å². The molecule has 1 amide bonds. The first-order chi connectivity index (χ1) is 12.8. The monoisotopic (exact) mass is 453 g/mol. The van der Waals surface area contributed by atoms with Crippen molar-refractivity contribution in [3.05, 3.63) is 40.9 Å². The van der Waals surface area contributed by atoms with Crippen LogP contribution in [0, 0.1) is 0 Å². The summed E-state index contributed by atoms with van der Waals surface area (Å²) in [4.78, 5) is 14.5. The lowest BCUT2D eigenvalue weighted by atomic mass is 10.1. The van der Waals surface area contributed by atoms with Gasteiger partial charge in [0.1, 0.15) is 5.75 Å². The molecule has 0 bridgehead atoms. The maximum absolute atomic E-state index is 12.8. The van der Waals surface area contributed by atoms with E-state index in [0.717, 1.165) is 21.7 Å². The lowest BCUT2D eigenvalue weighted by Crippen LogP contribution is -2.48. The molecule has 2 aromatic carbocycles. The van der Waals surface area contributed by atoms with E-state index < -0.39 is 9.84 Å². The molecule has 1 saturated heterocycles. The molecule has 0 N–H and O–H groups in total. The molecule has 0 spiro atoms. The minimum absolute atomic E-state index is 0.0200. The summed E-state index contributed by atoms with van der Waals surface area (Å²) in [5, 5.41) is 2.12. The fourth-order valence-corrected chi connectivity index (χ4v) is 5.60. The molecule has 2 aromatic rings. The van der Waals surface area contributed by atoms with Crippen LogP contribution in [-0.4, -0.2) is 49.4 Å². The number of hydrogen-bond acceptors (Lipinski definition) is 4. The van der Waals surface area contributed by atoms with Crippen molar-refractivity contribution in [2.45, 2.75) is 38.8 Å². The zero-order valence-electron chi connectivity index (χ0n) is 15.5. The molecular formula is C20H24BrNO4S. The molecule has 3 rings (SSSR count). The van der Waals surface area contributed by atoms with E-state index in [1.165, 1.54) is 0 Å². The summed E-state index contributed by atoms with van der Waals surface area (Å²) >= 11 is 3.45. The fraction of sp³-hybridized carbons (Fsp3) is 0.450. The lowest BCUT2D eigenvalue weighted by molar-refractivity contribution is -0.137. The average molecular weight is 454 g/mol. The highest BCUT2D eigenvalue weighted by Crippen LogP contribution is 2.25. The summed E-state index contributed by atoms with van der Waals surface area (Å²) in [5.41, 5.74) is 0. The number of rotatable bonds is 6. The summed E-state index contributed by atoms with van der Waals surface area (Å²) in [6, 6.07) is 11.4. The molecule has 0 unspecified atom stereocenters. The lowest BCUT2D eigenvalue weighted by Gasteiger charge is -2.33. The number of benzene rings is 2. The number of hydrogen-bond donors (Lipinski definition) is 0. The maximum atomic E-state index is 12.8. The molecule has 5 nitrogen and oxygen atoms in total. The number of halogens is 1. The molecule has 146 valence electrons. The van der Waals surface area contributed by atoms with Crippen LogP contribution < -0.4 is 4.74 Å². The Balaban J connectivity index is 1.71. The number of nitrogens with zero attached hydrogens (tertiary/aromatic N) is 1. The molecule has 0 aliphatic carbocycles. The number of carbonyl (C=O) groups is 1. The summed E-state index contributed by atoms with van der Waals surface area (Å²) in [7, 11) is -3.05. The second kappa shape index (κ2) is 8.19. The number of sulfone groups is 1. The third kappa shape index (κ3) is 4.82. The van der Waals surface area contributed by atoms with Crippen molar-refractivity contribution in [2.24, 2.45) is 0 Å². The summed E-state index contributed by atoms with van der Waals surface area (Å²) in [6.45, 7) is 3.86. The minimum atomic E-state index is -3.05. The van der Waals surface area contributed by atoms with Gasteiger partial charge in [-0.3, -0.25) is 4.79 Å². The van der Waals surface area contributed by atoms with Crippen LogP contribution in [0.3, 0.4) is 0 Å². The highest BCUT2D eigenvalue weighted by Gasteiger charge is 2.36. The van der Waals surface area contributed by atoms with E-state index in [-0.39, 0.29) is 36.1 Å². The van der Waals surface area contributed by atoms with Gasteiger partial charge < -0.3 is 9.64 Å². The molecule has 0 radical (unpaired) electrons. The molecule has 2 atom stereocenters. The van der Waals surface area contributed by atoms with Crippen LogP contribution in [0.15, 0.2) is 40.9 Å². The quantitative estimate of drug-likeness (QED) is 0.666. The second-order valence-corrected chi connectivity index (χ2v) is 10.2. The molecular weight excluding hydrogens is 430 g/mol. The van der Waals surface area contributed by atoms with E-state index in [0.29, 0.717) is 12.2 Å². The molecule has 1 heterocycles. The van der Waals surface area contributed by atoms with Gasteiger partial charge >= 0.3 is 0 Å². The number of amides is 1. The largest absolute Gasteiger partial charge is 0.484 e. The Morgan fingerprint density at radius 2 is 1.96 bits per heavy atom.